The Hall–Kier alpha value is -4.71. The topological polar surface area (TPSA) is 125 Å². The lowest BCUT2D eigenvalue weighted by atomic mass is 10.0. The molecule has 2 aliphatic rings. The zero-order valence-electron chi connectivity index (χ0n) is 26.6. The third-order valence-electron chi connectivity index (χ3n) is 9.31. The summed E-state index contributed by atoms with van der Waals surface area (Å²) < 4.78 is 27.2. The SMILES string of the molecule is COc1cc(C(=O)N2CCC[C@@H](N)C2)cc2nc(-c3cc4cc(F)c([C@@H](C)NC(=O)c5cnn(C)c5)cc4n3CC3CC3)n(C)c12. The summed E-state index contributed by atoms with van der Waals surface area (Å²) in [5.41, 5.74) is 10.6. The molecule has 4 heterocycles. The third-order valence-corrected chi connectivity index (χ3v) is 9.31. The van der Waals surface area contributed by atoms with E-state index >= 15 is 4.39 Å². The van der Waals surface area contributed by atoms with Crippen LogP contribution < -0.4 is 15.8 Å². The van der Waals surface area contributed by atoms with Crippen molar-refractivity contribution in [3.8, 4) is 17.3 Å². The fraction of sp³-hybridized carbons (Fsp3) is 0.412. The van der Waals surface area contributed by atoms with Gasteiger partial charge in [-0.1, -0.05) is 0 Å². The van der Waals surface area contributed by atoms with Gasteiger partial charge in [0.05, 0.1) is 36.1 Å². The lowest BCUT2D eigenvalue weighted by Gasteiger charge is -2.30. The number of amides is 2. The predicted octanol–water partition coefficient (Wildman–Crippen LogP) is 4.54. The molecule has 0 radical (unpaired) electrons. The van der Waals surface area contributed by atoms with Crippen molar-refractivity contribution in [1.82, 2.24) is 34.1 Å². The summed E-state index contributed by atoms with van der Waals surface area (Å²) in [5.74, 6) is 0.972. The Morgan fingerprint density at radius 1 is 1.13 bits per heavy atom. The number of hydrogen-bond donors (Lipinski definition) is 2. The van der Waals surface area contributed by atoms with Gasteiger partial charge < -0.3 is 29.8 Å². The molecule has 0 bridgehead atoms. The van der Waals surface area contributed by atoms with Gasteiger partial charge in [0.25, 0.3) is 11.8 Å². The van der Waals surface area contributed by atoms with Crippen molar-refractivity contribution in [2.45, 2.75) is 51.2 Å². The van der Waals surface area contributed by atoms with Gasteiger partial charge in [-0.2, -0.15) is 5.10 Å². The first-order valence-corrected chi connectivity index (χ1v) is 15.8. The summed E-state index contributed by atoms with van der Waals surface area (Å²) in [4.78, 5) is 33.2. The predicted molar refractivity (Wildman–Crippen MR) is 173 cm³/mol. The molecule has 46 heavy (non-hydrogen) atoms. The smallest absolute Gasteiger partial charge is 0.254 e. The molecule has 7 rings (SSSR count). The molecule has 2 atom stereocenters. The normalized spacial score (nSPS) is 17.5. The average molecular weight is 627 g/mol. The van der Waals surface area contributed by atoms with Crippen molar-refractivity contribution in [3.63, 3.8) is 0 Å². The Morgan fingerprint density at radius 3 is 2.63 bits per heavy atom. The summed E-state index contributed by atoms with van der Waals surface area (Å²) >= 11 is 0. The van der Waals surface area contributed by atoms with E-state index in [-0.39, 0.29) is 17.9 Å². The van der Waals surface area contributed by atoms with E-state index < -0.39 is 11.9 Å². The number of halogens is 1. The zero-order chi connectivity index (χ0) is 32.3. The molecule has 1 aliphatic heterocycles. The van der Waals surface area contributed by atoms with E-state index in [0.29, 0.717) is 52.8 Å². The van der Waals surface area contributed by atoms with Gasteiger partial charge in [0.15, 0.2) is 5.82 Å². The molecule has 12 heteroatoms. The van der Waals surface area contributed by atoms with Crippen molar-refractivity contribution in [2.24, 2.45) is 25.7 Å². The molecule has 0 unspecified atom stereocenters. The number of likely N-dealkylation sites (tertiary alicyclic amines) is 1. The molecule has 1 saturated heterocycles. The van der Waals surface area contributed by atoms with E-state index in [1.165, 1.54) is 12.3 Å². The average Bonchev–Trinajstić information content (AvgIpc) is 3.50. The van der Waals surface area contributed by atoms with Crippen LogP contribution in [0.4, 0.5) is 4.39 Å². The number of rotatable bonds is 8. The molecule has 2 aromatic carbocycles. The van der Waals surface area contributed by atoms with Gasteiger partial charge in [-0.25, -0.2) is 9.37 Å². The first-order chi connectivity index (χ1) is 22.1. The molecule has 11 nitrogen and oxygen atoms in total. The number of ether oxygens (including phenoxy) is 1. The number of hydrogen-bond acceptors (Lipinski definition) is 6. The molecule has 2 amide bonds. The Morgan fingerprint density at radius 2 is 1.93 bits per heavy atom. The lowest BCUT2D eigenvalue weighted by Crippen LogP contribution is -2.45. The molecule has 1 aliphatic carbocycles. The second kappa shape index (κ2) is 11.6. The monoisotopic (exact) mass is 626 g/mol. The fourth-order valence-electron chi connectivity index (χ4n) is 6.66. The quantitative estimate of drug-likeness (QED) is 0.261. The minimum absolute atomic E-state index is 0.0241. The largest absolute Gasteiger partial charge is 0.494 e. The Labute approximate surface area is 266 Å². The van der Waals surface area contributed by atoms with Gasteiger partial charge >= 0.3 is 0 Å². The molecular formula is C34H39FN8O3. The molecule has 240 valence electrons. The van der Waals surface area contributed by atoms with E-state index in [4.69, 9.17) is 15.5 Å². The number of aromatic nitrogens is 5. The number of methoxy groups -OCH3 is 1. The molecule has 1 saturated carbocycles. The van der Waals surface area contributed by atoms with Crippen molar-refractivity contribution >= 4 is 33.8 Å². The number of aryl methyl sites for hydroxylation is 2. The van der Waals surface area contributed by atoms with Crippen molar-refractivity contribution < 1.29 is 18.7 Å². The second-order valence-electron chi connectivity index (χ2n) is 12.8. The Balaban J connectivity index is 1.29. The molecule has 3 aromatic heterocycles. The maximum absolute atomic E-state index is 15.6. The summed E-state index contributed by atoms with van der Waals surface area (Å²) in [6.45, 7) is 3.74. The standard InChI is InChI=1S/C34H39FN8O3/c1-19(38-33(44)23-15-37-40(2)17-23)25-14-28-21(10-26(25)35)12-29(43(28)16-20-7-8-20)32-39-27-11-22(13-30(46-4)31(27)41(32)3)34(45)42-9-5-6-24(36)18-42/h10-15,17,19-20,24H,5-9,16,18,36H2,1-4H3,(H,38,44)/t19-,24-/m1/s1. The van der Waals surface area contributed by atoms with Crippen LogP contribution in [0.25, 0.3) is 33.5 Å². The maximum atomic E-state index is 15.6. The van der Waals surface area contributed by atoms with Crippen LogP contribution in [0.2, 0.25) is 0 Å². The number of carbonyl (C=O) groups is 2. The van der Waals surface area contributed by atoms with Gasteiger partial charge in [-0.3, -0.25) is 14.3 Å². The second-order valence-corrected chi connectivity index (χ2v) is 12.8. The van der Waals surface area contributed by atoms with E-state index in [2.05, 4.69) is 15.0 Å². The minimum atomic E-state index is -0.574. The van der Waals surface area contributed by atoms with Crippen LogP contribution in [-0.4, -0.2) is 66.9 Å². The van der Waals surface area contributed by atoms with Crippen molar-refractivity contribution in [2.75, 3.05) is 20.2 Å². The van der Waals surface area contributed by atoms with Crippen LogP contribution >= 0.6 is 0 Å². The minimum Gasteiger partial charge on any atom is -0.494 e. The van der Waals surface area contributed by atoms with E-state index in [1.807, 2.05) is 29.8 Å². The maximum Gasteiger partial charge on any atom is 0.254 e. The number of nitrogens with two attached hydrogens (primary N) is 1. The highest BCUT2D eigenvalue weighted by Crippen LogP contribution is 2.39. The van der Waals surface area contributed by atoms with Crippen LogP contribution in [0.5, 0.6) is 5.75 Å². The molecule has 3 N–H and O–H groups in total. The van der Waals surface area contributed by atoms with Crippen LogP contribution in [0, 0.1) is 11.7 Å². The Kier molecular flexibility index (Phi) is 7.54. The first kappa shape index (κ1) is 30.0. The molecular weight excluding hydrogens is 587 g/mol. The van der Waals surface area contributed by atoms with Crippen LogP contribution in [0.3, 0.4) is 0 Å². The number of imidazole rings is 1. The number of nitrogens with zero attached hydrogens (tertiary/aromatic N) is 6. The molecule has 0 spiro atoms. The van der Waals surface area contributed by atoms with Gasteiger partial charge in [0.2, 0.25) is 0 Å². The van der Waals surface area contributed by atoms with E-state index in [0.717, 1.165) is 54.3 Å². The molecule has 5 aromatic rings. The lowest BCUT2D eigenvalue weighted by molar-refractivity contribution is 0.0708. The number of piperidine rings is 1. The van der Waals surface area contributed by atoms with Gasteiger partial charge in [0, 0.05) is 68.0 Å². The highest BCUT2D eigenvalue weighted by atomic mass is 19.1. The van der Waals surface area contributed by atoms with Crippen LogP contribution in [-0.2, 0) is 20.6 Å². The number of carbonyl (C=O) groups excluding carboxylic acids is 2. The molecule has 2 fully saturated rings. The van der Waals surface area contributed by atoms with Crippen molar-refractivity contribution in [1.29, 1.82) is 0 Å². The third kappa shape index (κ3) is 5.40. The van der Waals surface area contributed by atoms with E-state index in [9.17, 15) is 9.59 Å². The number of nitrogens with one attached hydrogen (secondary N) is 1. The fourth-order valence-corrected chi connectivity index (χ4v) is 6.66. The first-order valence-electron chi connectivity index (χ1n) is 15.8. The summed E-state index contributed by atoms with van der Waals surface area (Å²) in [5, 5.41) is 7.72. The van der Waals surface area contributed by atoms with Gasteiger partial charge in [0.1, 0.15) is 17.1 Å². The van der Waals surface area contributed by atoms with E-state index in [1.54, 1.807) is 42.9 Å². The number of benzene rings is 2. The van der Waals surface area contributed by atoms with Gasteiger partial charge in [-0.05, 0) is 68.9 Å². The summed E-state index contributed by atoms with van der Waals surface area (Å²) in [6.07, 6.45) is 7.17. The highest BCUT2D eigenvalue weighted by Gasteiger charge is 2.29. The van der Waals surface area contributed by atoms with Crippen molar-refractivity contribution in [3.05, 3.63) is 65.2 Å². The number of fused-ring (bicyclic) bond motifs is 2. The highest BCUT2D eigenvalue weighted by molar-refractivity contribution is 6.00. The summed E-state index contributed by atoms with van der Waals surface area (Å²) in [7, 11) is 5.26. The summed E-state index contributed by atoms with van der Waals surface area (Å²) in [6, 6.07) is 8.35. The van der Waals surface area contributed by atoms with Crippen LogP contribution in [0.15, 0.2) is 42.7 Å². The van der Waals surface area contributed by atoms with Crippen LogP contribution in [0.1, 0.15) is 64.9 Å². The zero-order valence-corrected chi connectivity index (χ0v) is 26.6. The van der Waals surface area contributed by atoms with Gasteiger partial charge in [-0.15, -0.1) is 0 Å². The Bertz CT molecular complexity index is 1990.